The summed E-state index contributed by atoms with van der Waals surface area (Å²) in [5.41, 5.74) is 0. The van der Waals surface area contributed by atoms with Gasteiger partial charge in [0, 0.05) is 12.8 Å². The van der Waals surface area contributed by atoms with Crippen molar-refractivity contribution < 1.29 is 14.3 Å². The Labute approximate surface area is 65.7 Å². The van der Waals surface area contributed by atoms with Gasteiger partial charge in [-0.15, -0.1) is 0 Å². The highest BCUT2D eigenvalue weighted by Crippen LogP contribution is 2.28. The van der Waals surface area contributed by atoms with E-state index in [9.17, 15) is 9.59 Å². The first-order valence-electron chi connectivity index (χ1n) is 3.74. The third kappa shape index (κ3) is 2.80. The van der Waals surface area contributed by atoms with Crippen molar-refractivity contribution in [3.8, 4) is 0 Å². The topological polar surface area (TPSA) is 46.7 Å². The minimum absolute atomic E-state index is 0.0244. The van der Waals surface area contributed by atoms with E-state index >= 15 is 0 Å². The van der Waals surface area contributed by atoms with Gasteiger partial charge < -0.3 is 4.74 Å². The summed E-state index contributed by atoms with van der Waals surface area (Å²) < 4.78 is 5.10. The standard InChI is InChI=1S/C8H12O3/c1-5(9)3-7-8(11-7)4-6(2)10/h7-8H,3-4H2,1-2H3. The molecule has 0 spiro atoms. The van der Waals surface area contributed by atoms with Crippen molar-refractivity contribution in [3.05, 3.63) is 0 Å². The lowest BCUT2D eigenvalue weighted by Crippen LogP contribution is -2.03. The maximum atomic E-state index is 10.6. The number of epoxide rings is 1. The van der Waals surface area contributed by atoms with Crippen LogP contribution in [0.2, 0.25) is 0 Å². The molecule has 0 N–H and O–H groups in total. The van der Waals surface area contributed by atoms with Crippen LogP contribution in [0.4, 0.5) is 0 Å². The van der Waals surface area contributed by atoms with E-state index in [1.165, 1.54) is 13.8 Å². The molecule has 62 valence electrons. The maximum absolute atomic E-state index is 10.6. The largest absolute Gasteiger partial charge is 0.369 e. The Bertz CT molecular complexity index is 166. The molecule has 2 unspecified atom stereocenters. The second kappa shape index (κ2) is 3.13. The van der Waals surface area contributed by atoms with E-state index in [1.54, 1.807) is 0 Å². The van der Waals surface area contributed by atoms with Gasteiger partial charge >= 0.3 is 0 Å². The zero-order valence-corrected chi connectivity index (χ0v) is 6.79. The summed E-state index contributed by atoms with van der Waals surface area (Å²) in [4.78, 5) is 21.1. The summed E-state index contributed by atoms with van der Waals surface area (Å²) in [5, 5.41) is 0. The van der Waals surface area contributed by atoms with Gasteiger partial charge in [-0.2, -0.15) is 0 Å². The number of ketones is 2. The summed E-state index contributed by atoms with van der Waals surface area (Å²) in [6, 6.07) is 0. The van der Waals surface area contributed by atoms with Crippen molar-refractivity contribution in [2.24, 2.45) is 0 Å². The van der Waals surface area contributed by atoms with Crippen LogP contribution in [0.3, 0.4) is 0 Å². The molecule has 1 saturated heterocycles. The molecule has 0 aromatic rings. The van der Waals surface area contributed by atoms with Crippen molar-refractivity contribution in [1.29, 1.82) is 0 Å². The van der Waals surface area contributed by atoms with E-state index in [0.717, 1.165) is 0 Å². The van der Waals surface area contributed by atoms with Crippen LogP contribution in [-0.4, -0.2) is 23.8 Å². The number of hydrogen-bond donors (Lipinski definition) is 0. The molecule has 1 heterocycles. The molecule has 3 nitrogen and oxygen atoms in total. The average molecular weight is 156 g/mol. The minimum atomic E-state index is 0.0244. The van der Waals surface area contributed by atoms with Gasteiger partial charge in [0.1, 0.15) is 11.6 Å². The molecule has 2 atom stereocenters. The van der Waals surface area contributed by atoms with Crippen molar-refractivity contribution in [3.63, 3.8) is 0 Å². The highest BCUT2D eigenvalue weighted by molar-refractivity contribution is 5.78. The predicted molar refractivity (Wildman–Crippen MR) is 39.3 cm³/mol. The van der Waals surface area contributed by atoms with Crippen molar-refractivity contribution in [2.45, 2.75) is 38.9 Å². The molecule has 1 rings (SSSR count). The number of ether oxygens (including phenoxy) is 1. The Kier molecular flexibility index (Phi) is 2.39. The molecule has 0 radical (unpaired) electrons. The molecule has 0 aromatic carbocycles. The van der Waals surface area contributed by atoms with Crippen LogP contribution < -0.4 is 0 Å². The van der Waals surface area contributed by atoms with Gasteiger partial charge in [-0.3, -0.25) is 9.59 Å². The van der Waals surface area contributed by atoms with E-state index < -0.39 is 0 Å². The van der Waals surface area contributed by atoms with Crippen LogP contribution in [0, 0.1) is 0 Å². The lowest BCUT2D eigenvalue weighted by atomic mass is 10.1. The number of carbonyl (C=O) groups excluding carboxylic acids is 2. The molecule has 0 aromatic heterocycles. The minimum Gasteiger partial charge on any atom is -0.369 e. The van der Waals surface area contributed by atoms with Gasteiger partial charge in [0.15, 0.2) is 0 Å². The predicted octanol–water partition coefficient (Wildman–Crippen LogP) is 0.712. The van der Waals surface area contributed by atoms with Crippen LogP contribution in [0.1, 0.15) is 26.7 Å². The fourth-order valence-electron chi connectivity index (χ4n) is 1.10. The lowest BCUT2D eigenvalue weighted by molar-refractivity contribution is -0.118. The first kappa shape index (κ1) is 8.40. The van der Waals surface area contributed by atoms with E-state index in [-0.39, 0.29) is 23.8 Å². The SMILES string of the molecule is CC(=O)CC1OC1CC(C)=O. The van der Waals surface area contributed by atoms with Gasteiger partial charge in [-0.25, -0.2) is 0 Å². The van der Waals surface area contributed by atoms with E-state index in [2.05, 4.69) is 0 Å². The molecule has 0 bridgehead atoms. The maximum Gasteiger partial charge on any atom is 0.132 e. The molecule has 3 heteroatoms. The lowest BCUT2D eigenvalue weighted by Gasteiger charge is -1.87. The van der Waals surface area contributed by atoms with Gasteiger partial charge in [0.2, 0.25) is 0 Å². The number of hydrogen-bond acceptors (Lipinski definition) is 3. The van der Waals surface area contributed by atoms with E-state index in [0.29, 0.717) is 12.8 Å². The Hall–Kier alpha value is -0.700. The van der Waals surface area contributed by atoms with E-state index in [1.807, 2.05) is 0 Å². The van der Waals surface area contributed by atoms with Crippen LogP contribution in [0.25, 0.3) is 0 Å². The summed E-state index contributed by atoms with van der Waals surface area (Å²) in [7, 11) is 0. The summed E-state index contributed by atoms with van der Waals surface area (Å²) in [6.07, 6.45) is 0.961. The van der Waals surface area contributed by atoms with Crippen LogP contribution in [-0.2, 0) is 14.3 Å². The van der Waals surface area contributed by atoms with Crippen molar-refractivity contribution >= 4 is 11.6 Å². The average Bonchev–Trinajstić information content (AvgIpc) is 2.43. The molecular weight excluding hydrogens is 144 g/mol. The molecule has 0 amide bonds. The van der Waals surface area contributed by atoms with Crippen LogP contribution in [0.5, 0.6) is 0 Å². The van der Waals surface area contributed by atoms with Gasteiger partial charge in [0.25, 0.3) is 0 Å². The number of carbonyl (C=O) groups is 2. The molecule has 11 heavy (non-hydrogen) atoms. The second-order valence-electron chi connectivity index (χ2n) is 3.03. The van der Waals surface area contributed by atoms with Crippen molar-refractivity contribution in [1.82, 2.24) is 0 Å². The fraction of sp³-hybridized carbons (Fsp3) is 0.750. The third-order valence-electron chi connectivity index (χ3n) is 1.66. The summed E-state index contributed by atoms with van der Waals surface area (Å²) >= 11 is 0. The Morgan fingerprint density at radius 1 is 1.09 bits per heavy atom. The quantitative estimate of drug-likeness (QED) is 0.563. The van der Waals surface area contributed by atoms with Crippen LogP contribution in [0.15, 0.2) is 0 Å². The molecule has 0 aliphatic carbocycles. The molecular formula is C8H12O3. The highest BCUT2D eigenvalue weighted by Gasteiger charge is 2.39. The molecule has 1 fully saturated rings. The number of Topliss-reactive ketones (excluding diaryl/α,β-unsaturated/α-hetero) is 2. The van der Waals surface area contributed by atoms with Gasteiger partial charge in [-0.1, -0.05) is 0 Å². The zero-order chi connectivity index (χ0) is 8.43. The molecule has 1 aliphatic rings. The third-order valence-corrected chi connectivity index (χ3v) is 1.66. The molecule has 0 saturated carbocycles. The molecule has 1 aliphatic heterocycles. The highest BCUT2D eigenvalue weighted by atomic mass is 16.6. The monoisotopic (exact) mass is 156 g/mol. The van der Waals surface area contributed by atoms with Crippen molar-refractivity contribution in [2.75, 3.05) is 0 Å². The number of rotatable bonds is 4. The summed E-state index contributed by atoms with van der Waals surface area (Å²) in [6.45, 7) is 3.07. The first-order valence-corrected chi connectivity index (χ1v) is 3.74. The first-order chi connectivity index (χ1) is 5.09. The Morgan fingerprint density at radius 3 is 1.73 bits per heavy atom. The normalized spacial score (nSPS) is 28.2. The van der Waals surface area contributed by atoms with Crippen LogP contribution >= 0.6 is 0 Å². The Morgan fingerprint density at radius 2 is 1.45 bits per heavy atom. The van der Waals surface area contributed by atoms with Gasteiger partial charge in [0.05, 0.1) is 12.2 Å². The second-order valence-corrected chi connectivity index (χ2v) is 3.03. The zero-order valence-electron chi connectivity index (χ0n) is 6.79. The van der Waals surface area contributed by atoms with Gasteiger partial charge in [-0.05, 0) is 13.8 Å². The fourth-order valence-corrected chi connectivity index (χ4v) is 1.10. The Balaban J connectivity index is 2.16. The smallest absolute Gasteiger partial charge is 0.132 e. The summed E-state index contributed by atoms with van der Waals surface area (Å²) in [5.74, 6) is 0.252. The van der Waals surface area contributed by atoms with E-state index in [4.69, 9.17) is 4.74 Å².